The highest BCUT2D eigenvalue weighted by molar-refractivity contribution is 7.89. The van der Waals surface area contributed by atoms with Crippen molar-refractivity contribution in [2.24, 2.45) is 0 Å². The fraction of sp³-hybridized carbons (Fsp3) is 0.286. The lowest BCUT2D eigenvalue weighted by Crippen LogP contribution is -2.19. The third kappa shape index (κ3) is 3.34. The minimum absolute atomic E-state index is 0.110. The molecule has 0 saturated carbocycles. The van der Waals surface area contributed by atoms with E-state index in [-0.39, 0.29) is 16.8 Å². The molecule has 1 amide bonds. The topological polar surface area (TPSA) is 93.1 Å². The maximum atomic E-state index is 12.2. The van der Waals surface area contributed by atoms with Gasteiger partial charge in [-0.25, -0.2) is 17.8 Å². The largest absolute Gasteiger partial charge is 0.307 e. The van der Waals surface area contributed by atoms with Crippen LogP contribution < -0.4 is 10.0 Å². The first-order valence-corrected chi connectivity index (χ1v) is 8.22. The van der Waals surface area contributed by atoms with Crippen LogP contribution in [0.4, 0.5) is 5.82 Å². The molecule has 1 aromatic heterocycles. The highest BCUT2D eigenvalue weighted by atomic mass is 32.2. The Kier molecular flexibility index (Phi) is 4.62. The highest BCUT2D eigenvalue weighted by Gasteiger charge is 2.14. The Balaban J connectivity index is 2.19. The van der Waals surface area contributed by atoms with E-state index < -0.39 is 10.0 Å². The number of carbonyl (C=O) groups is 1. The smallest absolute Gasteiger partial charge is 0.256 e. The molecule has 0 atom stereocenters. The molecule has 0 saturated heterocycles. The lowest BCUT2D eigenvalue weighted by Gasteiger charge is -2.12. The van der Waals surface area contributed by atoms with Gasteiger partial charge < -0.3 is 5.32 Å². The number of sulfonamides is 1. The quantitative estimate of drug-likeness (QED) is 0.875. The lowest BCUT2D eigenvalue weighted by molar-refractivity contribution is 0.102. The van der Waals surface area contributed by atoms with E-state index in [9.17, 15) is 13.2 Å². The second-order valence-electron chi connectivity index (χ2n) is 4.94. The Labute approximate surface area is 129 Å². The molecule has 2 rings (SSSR count). The Morgan fingerprint density at radius 3 is 2.36 bits per heavy atom. The van der Waals surface area contributed by atoms with E-state index in [0.29, 0.717) is 11.4 Å². The number of hydrogen-bond donors (Lipinski definition) is 2. The summed E-state index contributed by atoms with van der Waals surface area (Å²) < 4.78 is 27.2. The fourth-order valence-corrected chi connectivity index (χ4v) is 2.65. The van der Waals surface area contributed by atoms with Gasteiger partial charge in [-0.15, -0.1) is 0 Å². The van der Waals surface area contributed by atoms with Crippen molar-refractivity contribution < 1.29 is 13.2 Å². The zero-order valence-corrected chi connectivity index (χ0v) is 13.4. The molecule has 2 N–H and O–H groups in total. The van der Waals surface area contributed by atoms with Gasteiger partial charge in [0.2, 0.25) is 10.0 Å². The van der Waals surface area contributed by atoms with Crippen LogP contribution in [0.25, 0.3) is 0 Å². The van der Waals surface area contributed by atoms with Crippen LogP contribution in [0.3, 0.4) is 0 Å². The summed E-state index contributed by atoms with van der Waals surface area (Å²) in [7, 11) is -2.17. The van der Waals surface area contributed by atoms with Gasteiger partial charge in [0, 0.05) is 17.7 Å². The van der Waals surface area contributed by atoms with Crippen LogP contribution in [-0.4, -0.2) is 31.2 Å². The van der Waals surface area contributed by atoms with Gasteiger partial charge in [0.15, 0.2) is 0 Å². The number of benzene rings is 1. The molecule has 8 heteroatoms. The van der Waals surface area contributed by atoms with E-state index in [1.54, 1.807) is 16.9 Å². The second kappa shape index (κ2) is 6.29. The third-order valence-electron chi connectivity index (χ3n) is 3.10. The Hall–Kier alpha value is -2.19. The Bertz CT molecular complexity index is 764. The summed E-state index contributed by atoms with van der Waals surface area (Å²) in [5.41, 5.74) is 0.367. The minimum atomic E-state index is -3.50. The van der Waals surface area contributed by atoms with Gasteiger partial charge >= 0.3 is 0 Å². The number of aromatic nitrogens is 2. The van der Waals surface area contributed by atoms with E-state index in [1.165, 1.54) is 31.3 Å². The SMILES string of the molecule is CNS(=O)(=O)c1ccc(C(=O)Nc2ccnn2C(C)C)cc1. The van der Waals surface area contributed by atoms with Gasteiger partial charge in [-0.05, 0) is 45.2 Å². The monoisotopic (exact) mass is 322 g/mol. The summed E-state index contributed by atoms with van der Waals surface area (Å²) in [6.07, 6.45) is 1.61. The molecular weight excluding hydrogens is 304 g/mol. The van der Waals surface area contributed by atoms with Crippen LogP contribution in [0.2, 0.25) is 0 Å². The van der Waals surface area contributed by atoms with Crippen molar-refractivity contribution in [1.29, 1.82) is 0 Å². The summed E-state index contributed by atoms with van der Waals surface area (Å²) >= 11 is 0. The number of nitrogens with one attached hydrogen (secondary N) is 2. The van der Waals surface area contributed by atoms with Crippen molar-refractivity contribution in [3.63, 3.8) is 0 Å². The summed E-state index contributed by atoms with van der Waals surface area (Å²) in [5, 5.41) is 6.89. The summed E-state index contributed by atoms with van der Waals surface area (Å²) in [4.78, 5) is 12.3. The van der Waals surface area contributed by atoms with Gasteiger partial charge in [0.05, 0.1) is 11.1 Å². The molecule has 0 bridgehead atoms. The number of hydrogen-bond acceptors (Lipinski definition) is 4. The third-order valence-corrected chi connectivity index (χ3v) is 4.53. The summed E-state index contributed by atoms with van der Waals surface area (Å²) in [5.74, 6) is 0.266. The molecule has 0 unspecified atom stereocenters. The van der Waals surface area contributed by atoms with Crippen molar-refractivity contribution in [3.05, 3.63) is 42.1 Å². The molecule has 1 aromatic carbocycles. The number of nitrogens with zero attached hydrogens (tertiary/aromatic N) is 2. The molecule has 2 aromatic rings. The first-order valence-electron chi connectivity index (χ1n) is 6.73. The van der Waals surface area contributed by atoms with Crippen molar-refractivity contribution in [2.45, 2.75) is 24.8 Å². The molecule has 22 heavy (non-hydrogen) atoms. The van der Waals surface area contributed by atoms with E-state index in [0.717, 1.165) is 0 Å². The molecular formula is C14H18N4O3S. The minimum Gasteiger partial charge on any atom is -0.307 e. The Morgan fingerprint density at radius 2 is 1.82 bits per heavy atom. The number of anilines is 1. The van der Waals surface area contributed by atoms with E-state index in [2.05, 4.69) is 15.1 Å². The molecule has 118 valence electrons. The predicted octanol–water partition coefficient (Wildman–Crippen LogP) is 1.62. The first-order chi connectivity index (χ1) is 10.3. The maximum Gasteiger partial charge on any atom is 0.256 e. The van der Waals surface area contributed by atoms with E-state index in [4.69, 9.17) is 0 Å². The first kappa shape index (κ1) is 16.2. The molecule has 0 radical (unpaired) electrons. The Morgan fingerprint density at radius 1 is 1.18 bits per heavy atom. The van der Waals surface area contributed by atoms with E-state index >= 15 is 0 Å². The van der Waals surface area contributed by atoms with Crippen LogP contribution in [0.1, 0.15) is 30.2 Å². The average Bonchev–Trinajstić information content (AvgIpc) is 2.95. The van der Waals surface area contributed by atoms with Crippen LogP contribution >= 0.6 is 0 Å². The zero-order chi connectivity index (χ0) is 16.3. The second-order valence-corrected chi connectivity index (χ2v) is 6.83. The fourth-order valence-electron chi connectivity index (χ4n) is 1.92. The summed E-state index contributed by atoms with van der Waals surface area (Å²) in [6.45, 7) is 3.92. The highest BCUT2D eigenvalue weighted by Crippen LogP contribution is 2.15. The molecule has 0 spiro atoms. The van der Waals surface area contributed by atoms with Crippen molar-refractivity contribution in [1.82, 2.24) is 14.5 Å². The van der Waals surface area contributed by atoms with Crippen LogP contribution in [0.5, 0.6) is 0 Å². The van der Waals surface area contributed by atoms with Crippen molar-refractivity contribution in [2.75, 3.05) is 12.4 Å². The maximum absolute atomic E-state index is 12.2. The number of amides is 1. The average molecular weight is 322 g/mol. The molecule has 1 heterocycles. The van der Waals surface area contributed by atoms with Crippen molar-refractivity contribution in [3.8, 4) is 0 Å². The standard InChI is InChI=1S/C14H18N4O3S/c1-10(2)18-13(8-9-16-18)17-14(19)11-4-6-12(7-5-11)22(20,21)15-3/h4-10,15H,1-3H3,(H,17,19). The summed E-state index contributed by atoms with van der Waals surface area (Å²) in [6, 6.07) is 7.54. The van der Waals surface area contributed by atoms with Crippen LogP contribution in [-0.2, 0) is 10.0 Å². The van der Waals surface area contributed by atoms with Crippen molar-refractivity contribution >= 4 is 21.7 Å². The van der Waals surface area contributed by atoms with Crippen LogP contribution in [0, 0.1) is 0 Å². The normalized spacial score (nSPS) is 11.6. The van der Waals surface area contributed by atoms with Gasteiger partial charge in [-0.3, -0.25) is 4.79 Å². The van der Waals surface area contributed by atoms with Gasteiger partial charge in [-0.2, -0.15) is 5.10 Å². The van der Waals surface area contributed by atoms with Gasteiger partial charge in [-0.1, -0.05) is 0 Å². The van der Waals surface area contributed by atoms with Gasteiger partial charge in [0.1, 0.15) is 5.82 Å². The van der Waals surface area contributed by atoms with E-state index in [1.807, 2.05) is 13.8 Å². The van der Waals surface area contributed by atoms with Gasteiger partial charge in [0.25, 0.3) is 5.91 Å². The molecule has 0 aliphatic carbocycles. The zero-order valence-electron chi connectivity index (χ0n) is 12.6. The number of carbonyl (C=O) groups excluding carboxylic acids is 1. The number of rotatable bonds is 5. The predicted molar refractivity (Wildman–Crippen MR) is 83.3 cm³/mol. The molecule has 0 fully saturated rings. The molecule has 0 aliphatic rings. The molecule has 0 aliphatic heterocycles. The molecule has 7 nitrogen and oxygen atoms in total. The lowest BCUT2D eigenvalue weighted by atomic mass is 10.2. The van der Waals surface area contributed by atoms with Crippen LogP contribution in [0.15, 0.2) is 41.4 Å².